The minimum atomic E-state index is -0.548. The molecule has 1 saturated carbocycles. The Morgan fingerprint density at radius 1 is 1.14 bits per heavy atom. The van der Waals surface area contributed by atoms with Crippen LogP contribution >= 0.6 is 0 Å². The van der Waals surface area contributed by atoms with Gasteiger partial charge in [-0.25, -0.2) is 19.6 Å². The lowest BCUT2D eigenvalue weighted by molar-refractivity contribution is -0.130. The predicted molar refractivity (Wildman–Crippen MR) is 123 cm³/mol. The number of rotatable bonds is 7. The average Bonchev–Trinajstić information content (AvgIpc) is 3.11. The quantitative estimate of drug-likeness (QED) is 0.424. The minimum Gasteiger partial charge on any atom is -0.377 e. The molecule has 4 aromatic heterocycles. The third kappa shape index (κ3) is 3.53. The van der Waals surface area contributed by atoms with E-state index in [4.69, 9.17) is 14.2 Å². The zero-order valence-corrected chi connectivity index (χ0v) is 19.5. The molecule has 0 aromatic carbocycles. The van der Waals surface area contributed by atoms with Crippen molar-refractivity contribution in [3.8, 4) is 22.8 Å². The van der Waals surface area contributed by atoms with Gasteiger partial charge < -0.3 is 14.2 Å². The number of hydrogen-bond donors (Lipinski definition) is 1. The van der Waals surface area contributed by atoms with E-state index >= 15 is 0 Å². The first-order valence-corrected chi connectivity index (χ1v) is 11.2. The highest BCUT2D eigenvalue weighted by Gasteiger charge is 2.69. The molecule has 2 aliphatic rings. The van der Waals surface area contributed by atoms with E-state index in [0.717, 1.165) is 13.0 Å². The smallest absolute Gasteiger partial charge is 0.236 e. The van der Waals surface area contributed by atoms with Crippen LogP contribution in [0, 0.1) is 5.92 Å². The molecule has 178 valence electrons. The highest BCUT2D eigenvalue weighted by Crippen LogP contribution is 2.59. The summed E-state index contributed by atoms with van der Waals surface area (Å²) >= 11 is 0. The van der Waals surface area contributed by atoms with Crippen molar-refractivity contribution in [2.75, 3.05) is 26.0 Å². The zero-order chi connectivity index (χ0) is 24.2. The van der Waals surface area contributed by atoms with Crippen molar-refractivity contribution < 1.29 is 14.1 Å². The fourth-order valence-electron chi connectivity index (χ4n) is 4.70. The van der Waals surface area contributed by atoms with Gasteiger partial charge in [0, 0.05) is 40.0 Å². The van der Waals surface area contributed by atoms with Gasteiger partial charge in [0.05, 0.1) is 17.1 Å². The summed E-state index contributed by atoms with van der Waals surface area (Å²) in [7, 11) is 5.19. The van der Waals surface area contributed by atoms with Crippen LogP contribution in [0.5, 0.6) is 0 Å². The molecule has 0 radical (unpaired) electrons. The van der Waals surface area contributed by atoms with Crippen molar-refractivity contribution in [3.63, 3.8) is 0 Å². The Hall–Kier alpha value is -4.19. The number of fused-ring (bicyclic) bond motifs is 1. The number of anilines is 2. The number of nitrogens with zero attached hydrogens (tertiary/aromatic N) is 8. The molecule has 2 atom stereocenters. The van der Waals surface area contributed by atoms with Gasteiger partial charge in [0.15, 0.2) is 11.6 Å². The maximum Gasteiger partial charge on any atom is 0.236 e. The molecule has 6 rings (SSSR count). The Balaban J connectivity index is 1.25. The number of carbonyl (C=O) groups excluding carboxylic acids is 1. The molecule has 12 heteroatoms. The second kappa shape index (κ2) is 7.94. The SMILES string of the molecule is COCc1nc(Nc2nccc(-c3cccc(-c4cc([C@]56CC5CN(C)C6=O)on4)n3)n2)n(C)n1. The highest BCUT2D eigenvalue weighted by atomic mass is 16.5. The van der Waals surface area contributed by atoms with Crippen molar-refractivity contribution in [2.45, 2.75) is 18.4 Å². The Labute approximate surface area is 200 Å². The molecule has 1 N–H and O–H groups in total. The van der Waals surface area contributed by atoms with Gasteiger partial charge in [-0.2, -0.15) is 10.1 Å². The van der Waals surface area contributed by atoms with Crippen LogP contribution in [0.25, 0.3) is 22.8 Å². The zero-order valence-electron chi connectivity index (χ0n) is 19.5. The first-order valence-electron chi connectivity index (χ1n) is 11.2. The maximum absolute atomic E-state index is 12.7. The molecule has 5 heterocycles. The van der Waals surface area contributed by atoms with Crippen LogP contribution in [0.3, 0.4) is 0 Å². The number of aryl methyl sites for hydroxylation is 1. The molecule has 4 aromatic rings. The lowest BCUT2D eigenvalue weighted by Gasteiger charge is -2.13. The lowest BCUT2D eigenvalue weighted by Crippen LogP contribution is -2.29. The summed E-state index contributed by atoms with van der Waals surface area (Å²) in [6.07, 6.45) is 2.46. The van der Waals surface area contributed by atoms with Crippen LogP contribution in [0.4, 0.5) is 11.9 Å². The molecule has 12 nitrogen and oxygen atoms in total. The van der Waals surface area contributed by atoms with Crippen molar-refractivity contribution in [1.82, 2.24) is 39.8 Å². The largest absolute Gasteiger partial charge is 0.377 e. The Kier molecular flexibility index (Phi) is 4.85. The molecule has 1 amide bonds. The molecule has 1 unspecified atom stereocenters. The number of piperidine rings is 1. The van der Waals surface area contributed by atoms with Crippen LogP contribution in [0.1, 0.15) is 18.0 Å². The molecule has 0 spiro atoms. The Morgan fingerprint density at radius 2 is 1.94 bits per heavy atom. The Bertz CT molecular complexity index is 1430. The van der Waals surface area contributed by atoms with Crippen molar-refractivity contribution in [1.29, 1.82) is 0 Å². The van der Waals surface area contributed by atoms with E-state index in [1.165, 1.54) is 0 Å². The maximum atomic E-state index is 12.7. The van der Waals surface area contributed by atoms with Crippen LogP contribution in [0.2, 0.25) is 0 Å². The molecular weight excluding hydrogens is 450 g/mol. The fraction of sp³-hybridized carbons (Fsp3) is 0.348. The first kappa shape index (κ1) is 21.4. The molecule has 2 fully saturated rings. The van der Waals surface area contributed by atoms with Gasteiger partial charge >= 0.3 is 0 Å². The summed E-state index contributed by atoms with van der Waals surface area (Å²) in [5.41, 5.74) is 1.95. The van der Waals surface area contributed by atoms with E-state index in [2.05, 4.69) is 30.5 Å². The number of carbonyl (C=O) groups is 1. The lowest BCUT2D eigenvalue weighted by atomic mass is 10.0. The van der Waals surface area contributed by atoms with Gasteiger partial charge in [-0.1, -0.05) is 11.2 Å². The molecule has 1 aliphatic heterocycles. The van der Waals surface area contributed by atoms with E-state index in [0.29, 0.717) is 58.8 Å². The number of hydrogen-bond acceptors (Lipinski definition) is 10. The average molecular weight is 473 g/mol. The summed E-state index contributed by atoms with van der Waals surface area (Å²) in [6.45, 7) is 1.07. The molecule has 35 heavy (non-hydrogen) atoms. The second-order valence-corrected chi connectivity index (χ2v) is 8.84. The number of likely N-dealkylation sites (tertiary alicyclic amines) is 1. The molecular formula is C23H23N9O3. The number of likely N-dealkylation sites (N-methyl/N-ethyl adjacent to an activating group) is 1. The van der Waals surface area contributed by atoms with Gasteiger partial charge in [-0.05, 0) is 30.5 Å². The third-order valence-electron chi connectivity index (χ3n) is 6.51. The van der Waals surface area contributed by atoms with Gasteiger partial charge in [-0.15, -0.1) is 0 Å². The number of aromatic nitrogens is 7. The van der Waals surface area contributed by atoms with Gasteiger partial charge in [0.25, 0.3) is 0 Å². The highest BCUT2D eigenvalue weighted by molar-refractivity contribution is 5.94. The normalized spacial score (nSPS) is 20.8. The monoisotopic (exact) mass is 473 g/mol. The topological polar surface area (TPSA) is 137 Å². The minimum absolute atomic E-state index is 0.102. The van der Waals surface area contributed by atoms with Crippen molar-refractivity contribution in [2.24, 2.45) is 13.0 Å². The summed E-state index contributed by atoms with van der Waals surface area (Å²) < 4.78 is 12.3. The number of methoxy groups -OCH3 is 1. The van der Waals surface area contributed by atoms with Crippen LogP contribution in [0.15, 0.2) is 41.1 Å². The summed E-state index contributed by atoms with van der Waals surface area (Å²) in [6, 6.07) is 9.21. The number of amides is 1. The third-order valence-corrected chi connectivity index (χ3v) is 6.51. The molecule has 1 aliphatic carbocycles. The van der Waals surface area contributed by atoms with E-state index in [1.807, 2.05) is 31.3 Å². The van der Waals surface area contributed by atoms with Gasteiger partial charge in [0.2, 0.25) is 17.8 Å². The number of pyridine rings is 1. The number of nitrogens with one attached hydrogen (secondary N) is 1. The first-order chi connectivity index (χ1) is 17.0. The van der Waals surface area contributed by atoms with E-state index < -0.39 is 5.41 Å². The van der Waals surface area contributed by atoms with Crippen LogP contribution in [-0.4, -0.2) is 66.4 Å². The van der Waals surface area contributed by atoms with Crippen LogP contribution in [-0.2, 0) is 28.6 Å². The summed E-state index contributed by atoms with van der Waals surface area (Å²) in [5.74, 6) is 2.43. The standard InChI is InChI=1S/C23H23N9O3/c1-31-11-13-10-23(13,20(31)33)18-9-17(30-35-18)15-6-4-5-14(25-15)16-7-8-24-21(26-16)28-22-27-19(12-34-3)29-32(22)2/h4-9,13H,10-12H2,1-3H3,(H,24,26,27,28,29)/t13?,23-/m0/s1. The molecule has 1 saturated heterocycles. The summed E-state index contributed by atoms with van der Waals surface area (Å²) in [4.78, 5) is 32.4. The molecule has 0 bridgehead atoms. The summed E-state index contributed by atoms with van der Waals surface area (Å²) in [5, 5.41) is 11.6. The van der Waals surface area contributed by atoms with Crippen molar-refractivity contribution in [3.05, 3.63) is 48.1 Å². The van der Waals surface area contributed by atoms with Gasteiger partial charge in [0.1, 0.15) is 17.7 Å². The van der Waals surface area contributed by atoms with Gasteiger partial charge in [-0.3, -0.25) is 10.1 Å². The van der Waals surface area contributed by atoms with E-state index in [-0.39, 0.29) is 5.91 Å². The Morgan fingerprint density at radius 3 is 2.71 bits per heavy atom. The van der Waals surface area contributed by atoms with E-state index in [1.54, 1.807) is 36.0 Å². The van der Waals surface area contributed by atoms with Crippen molar-refractivity contribution >= 4 is 17.8 Å². The second-order valence-electron chi connectivity index (χ2n) is 8.84. The number of ether oxygens (including phenoxy) is 1. The predicted octanol–water partition coefficient (Wildman–Crippen LogP) is 1.94. The fourth-order valence-corrected chi connectivity index (χ4v) is 4.70. The van der Waals surface area contributed by atoms with E-state index in [9.17, 15) is 4.79 Å². The van der Waals surface area contributed by atoms with Crippen LogP contribution < -0.4 is 5.32 Å².